The minimum absolute atomic E-state index is 0.0155. The van der Waals surface area contributed by atoms with Gasteiger partial charge in [-0.15, -0.1) is 0 Å². The van der Waals surface area contributed by atoms with Crippen molar-refractivity contribution in [3.63, 3.8) is 0 Å². The average molecular weight is 145 g/mol. The lowest BCUT2D eigenvalue weighted by Crippen LogP contribution is -2.35. The van der Waals surface area contributed by atoms with Crippen LogP contribution < -0.4 is 16.8 Å². The van der Waals surface area contributed by atoms with E-state index < -0.39 is 0 Å². The Morgan fingerprint density at radius 2 is 2.30 bits per heavy atom. The fraction of sp³-hybridized carbons (Fsp3) is 0.833. The molecule has 1 amide bonds. The van der Waals surface area contributed by atoms with Gasteiger partial charge in [-0.05, 0) is 6.92 Å². The second-order valence-electron chi connectivity index (χ2n) is 2.32. The van der Waals surface area contributed by atoms with Crippen LogP contribution >= 0.6 is 0 Å². The first-order valence-electron chi connectivity index (χ1n) is 3.39. The van der Waals surface area contributed by atoms with Gasteiger partial charge < -0.3 is 16.8 Å². The molecule has 0 rings (SSSR count). The summed E-state index contributed by atoms with van der Waals surface area (Å²) in [7, 11) is 0. The van der Waals surface area contributed by atoms with Crippen LogP contribution in [-0.4, -0.2) is 25.0 Å². The number of hydrogen-bond acceptors (Lipinski definition) is 3. The number of nitrogens with two attached hydrogens (primary N) is 2. The van der Waals surface area contributed by atoms with Crippen LogP contribution in [-0.2, 0) is 4.79 Å². The van der Waals surface area contributed by atoms with Gasteiger partial charge >= 0.3 is 0 Å². The van der Waals surface area contributed by atoms with Crippen LogP contribution in [0.25, 0.3) is 0 Å². The fourth-order valence-corrected chi connectivity index (χ4v) is 0.494. The molecule has 0 aliphatic rings. The van der Waals surface area contributed by atoms with Gasteiger partial charge in [0.2, 0.25) is 5.91 Å². The Bertz CT molecular complexity index is 103. The molecular weight excluding hydrogens is 130 g/mol. The van der Waals surface area contributed by atoms with E-state index in [9.17, 15) is 4.79 Å². The van der Waals surface area contributed by atoms with Crippen LogP contribution in [0.15, 0.2) is 0 Å². The van der Waals surface area contributed by atoms with E-state index in [4.69, 9.17) is 11.5 Å². The van der Waals surface area contributed by atoms with Gasteiger partial charge in [0.15, 0.2) is 0 Å². The molecule has 0 fully saturated rings. The fourth-order valence-electron chi connectivity index (χ4n) is 0.494. The summed E-state index contributed by atoms with van der Waals surface area (Å²) in [5, 5.41) is 2.64. The topological polar surface area (TPSA) is 81.1 Å². The zero-order valence-electron chi connectivity index (χ0n) is 6.26. The Morgan fingerprint density at radius 1 is 1.70 bits per heavy atom. The molecule has 60 valence electrons. The van der Waals surface area contributed by atoms with Gasteiger partial charge in [0, 0.05) is 25.6 Å². The van der Waals surface area contributed by atoms with Crippen molar-refractivity contribution in [2.75, 3.05) is 13.1 Å². The molecule has 0 saturated carbocycles. The van der Waals surface area contributed by atoms with Gasteiger partial charge in [-0.3, -0.25) is 4.79 Å². The number of nitrogens with one attached hydrogen (secondary N) is 1. The highest BCUT2D eigenvalue weighted by atomic mass is 16.1. The van der Waals surface area contributed by atoms with E-state index >= 15 is 0 Å². The Labute approximate surface area is 61.0 Å². The molecule has 0 bridgehead atoms. The van der Waals surface area contributed by atoms with Crippen molar-refractivity contribution in [1.82, 2.24) is 5.32 Å². The molecule has 0 aliphatic carbocycles. The zero-order valence-corrected chi connectivity index (χ0v) is 6.26. The second-order valence-corrected chi connectivity index (χ2v) is 2.32. The van der Waals surface area contributed by atoms with E-state index in [2.05, 4.69) is 5.32 Å². The molecule has 5 N–H and O–H groups in total. The third kappa shape index (κ3) is 5.53. The van der Waals surface area contributed by atoms with Crippen molar-refractivity contribution in [3.05, 3.63) is 0 Å². The number of carbonyl (C=O) groups excluding carboxylic acids is 1. The van der Waals surface area contributed by atoms with E-state index in [0.717, 1.165) is 0 Å². The van der Waals surface area contributed by atoms with Crippen molar-refractivity contribution < 1.29 is 4.79 Å². The molecule has 0 aromatic carbocycles. The van der Waals surface area contributed by atoms with Crippen molar-refractivity contribution in [2.45, 2.75) is 19.4 Å². The maximum Gasteiger partial charge on any atom is 0.221 e. The highest BCUT2D eigenvalue weighted by molar-refractivity contribution is 5.76. The van der Waals surface area contributed by atoms with Crippen LogP contribution in [0.5, 0.6) is 0 Å². The zero-order chi connectivity index (χ0) is 7.98. The summed E-state index contributed by atoms with van der Waals surface area (Å²) in [6.45, 7) is 2.76. The number of carbonyl (C=O) groups is 1. The van der Waals surface area contributed by atoms with Crippen molar-refractivity contribution >= 4 is 5.91 Å². The molecule has 10 heavy (non-hydrogen) atoms. The molecule has 1 unspecified atom stereocenters. The smallest absolute Gasteiger partial charge is 0.221 e. The summed E-state index contributed by atoms with van der Waals surface area (Å²) in [5.41, 5.74) is 10.5. The normalized spacial score (nSPS) is 12.7. The SMILES string of the molecule is CC(N)CNC(=O)CCN. The quantitative estimate of drug-likeness (QED) is 0.464. The third-order valence-corrected chi connectivity index (χ3v) is 0.993. The molecular formula is C6H15N3O. The number of amides is 1. The third-order valence-electron chi connectivity index (χ3n) is 0.993. The van der Waals surface area contributed by atoms with Gasteiger partial charge in [-0.1, -0.05) is 0 Å². The van der Waals surface area contributed by atoms with Crippen LogP contribution in [0.2, 0.25) is 0 Å². The second kappa shape index (κ2) is 5.20. The highest BCUT2D eigenvalue weighted by Crippen LogP contribution is 1.75. The van der Waals surface area contributed by atoms with Gasteiger partial charge in [-0.25, -0.2) is 0 Å². The first-order valence-corrected chi connectivity index (χ1v) is 3.39. The molecule has 0 aromatic rings. The standard InChI is InChI=1S/C6H15N3O/c1-5(8)4-9-6(10)2-3-7/h5H,2-4,7-8H2,1H3,(H,9,10). The Morgan fingerprint density at radius 3 is 2.70 bits per heavy atom. The molecule has 4 nitrogen and oxygen atoms in total. The van der Waals surface area contributed by atoms with Crippen LogP contribution in [0.1, 0.15) is 13.3 Å². The number of hydrogen-bond donors (Lipinski definition) is 3. The monoisotopic (exact) mass is 145 g/mol. The van der Waals surface area contributed by atoms with Gasteiger partial charge in [0.25, 0.3) is 0 Å². The maximum atomic E-state index is 10.7. The summed E-state index contributed by atoms with van der Waals surface area (Å²) in [6.07, 6.45) is 0.382. The van der Waals surface area contributed by atoms with Gasteiger partial charge in [0.05, 0.1) is 0 Å². The minimum Gasteiger partial charge on any atom is -0.355 e. The van der Waals surface area contributed by atoms with Gasteiger partial charge in [-0.2, -0.15) is 0 Å². The summed E-state index contributed by atoms with van der Waals surface area (Å²) in [5.74, 6) is -0.0280. The Kier molecular flexibility index (Phi) is 4.88. The van der Waals surface area contributed by atoms with Crippen molar-refractivity contribution in [2.24, 2.45) is 11.5 Å². The lowest BCUT2D eigenvalue weighted by atomic mass is 10.3. The first-order chi connectivity index (χ1) is 4.66. The molecule has 0 aromatic heterocycles. The predicted molar refractivity (Wildman–Crippen MR) is 40.3 cm³/mol. The minimum atomic E-state index is -0.0280. The molecule has 0 saturated heterocycles. The molecule has 4 heteroatoms. The molecule has 0 radical (unpaired) electrons. The predicted octanol–water partition coefficient (Wildman–Crippen LogP) is -1.20. The first kappa shape index (κ1) is 9.39. The Balaban J connectivity index is 3.22. The van der Waals surface area contributed by atoms with Crippen LogP contribution in [0, 0.1) is 0 Å². The highest BCUT2D eigenvalue weighted by Gasteiger charge is 1.98. The molecule has 0 heterocycles. The molecule has 0 aliphatic heterocycles. The maximum absolute atomic E-state index is 10.7. The largest absolute Gasteiger partial charge is 0.355 e. The number of rotatable bonds is 4. The van der Waals surface area contributed by atoms with Crippen LogP contribution in [0.3, 0.4) is 0 Å². The van der Waals surface area contributed by atoms with E-state index in [1.54, 1.807) is 0 Å². The van der Waals surface area contributed by atoms with Crippen LogP contribution in [0.4, 0.5) is 0 Å². The Hall–Kier alpha value is -0.610. The van der Waals surface area contributed by atoms with Gasteiger partial charge in [0.1, 0.15) is 0 Å². The lowest BCUT2D eigenvalue weighted by molar-refractivity contribution is -0.120. The average Bonchev–Trinajstić information content (AvgIpc) is 1.85. The summed E-state index contributed by atoms with van der Waals surface area (Å²) < 4.78 is 0. The molecule has 1 atom stereocenters. The van der Waals surface area contributed by atoms with E-state index in [0.29, 0.717) is 19.5 Å². The summed E-state index contributed by atoms with van der Waals surface area (Å²) in [6, 6.07) is 0.0155. The van der Waals surface area contributed by atoms with E-state index in [1.807, 2.05) is 6.92 Å². The van der Waals surface area contributed by atoms with E-state index in [-0.39, 0.29) is 11.9 Å². The molecule has 0 spiro atoms. The van der Waals surface area contributed by atoms with Crippen molar-refractivity contribution in [3.8, 4) is 0 Å². The summed E-state index contributed by atoms with van der Waals surface area (Å²) in [4.78, 5) is 10.7. The lowest BCUT2D eigenvalue weighted by Gasteiger charge is -2.05. The summed E-state index contributed by atoms with van der Waals surface area (Å²) >= 11 is 0. The van der Waals surface area contributed by atoms with E-state index in [1.165, 1.54) is 0 Å². The van der Waals surface area contributed by atoms with Crippen molar-refractivity contribution in [1.29, 1.82) is 0 Å².